The van der Waals surface area contributed by atoms with E-state index in [1.807, 2.05) is 11.8 Å². The van der Waals surface area contributed by atoms with Crippen molar-refractivity contribution in [1.29, 1.82) is 0 Å². The zero-order valence-corrected chi connectivity index (χ0v) is 11.5. The molecule has 0 aromatic heterocycles. The third-order valence-electron chi connectivity index (χ3n) is 3.64. The lowest BCUT2D eigenvalue weighted by Gasteiger charge is -2.19. The van der Waals surface area contributed by atoms with Gasteiger partial charge in [0.1, 0.15) is 0 Å². The molecule has 2 rings (SSSR count). The molecule has 0 aromatic rings. The van der Waals surface area contributed by atoms with Gasteiger partial charge >= 0.3 is 0 Å². The number of nitrogens with one attached hydrogen (secondary N) is 2. The number of carbonyl (C=O) groups excluding carboxylic acids is 1. The Labute approximate surface area is 108 Å². The SMILES string of the molecule is CCSC1CCCC1NCC(=O)NCC1CC1. The van der Waals surface area contributed by atoms with Gasteiger partial charge in [0.2, 0.25) is 5.91 Å². The lowest BCUT2D eigenvalue weighted by atomic mass is 10.2. The summed E-state index contributed by atoms with van der Waals surface area (Å²) in [5.41, 5.74) is 0. The molecule has 0 bridgehead atoms. The molecule has 0 heterocycles. The van der Waals surface area contributed by atoms with E-state index in [9.17, 15) is 4.79 Å². The minimum atomic E-state index is 0.170. The van der Waals surface area contributed by atoms with Crippen molar-refractivity contribution >= 4 is 17.7 Å². The molecule has 0 aliphatic heterocycles. The monoisotopic (exact) mass is 256 g/mol. The van der Waals surface area contributed by atoms with Gasteiger partial charge in [-0.15, -0.1) is 0 Å². The first-order valence-corrected chi connectivity index (χ1v) is 7.96. The number of rotatable bonds is 7. The molecular formula is C13H24N2OS. The zero-order valence-electron chi connectivity index (χ0n) is 10.7. The van der Waals surface area contributed by atoms with Crippen LogP contribution in [0.4, 0.5) is 0 Å². The second kappa shape index (κ2) is 6.64. The smallest absolute Gasteiger partial charge is 0.233 e. The molecule has 0 spiro atoms. The van der Waals surface area contributed by atoms with E-state index in [1.165, 1.54) is 37.9 Å². The predicted molar refractivity (Wildman–Crippen MR) is 73.3 cm³/mol. The average Bonchev–Trinajstić information content (AvgIpc) is 3.05. The van der Waals surface area contributed by atoms with E-state index in [0.29, 0.717) is 12.6 Å². The molecule has 3 nitrogen and oxygen atoms in total. The van der Waals surface area contributed by atoms with E-state index in [4.69, 9.17) is 0 Å². The summed E-state index contributed by atoms with van der Waals surface area (Å²) in [6.07, 6.45) is 6.43. The molecule has 2 N–H and O–H groups in total. The lowest BCUT2D eigenvalue weighted by molar-refractivity contribution is -0.120. The van der Waals surface area contributed by atoms with Crippen LogP contribution in [-0.2, 0) is 4.79 Å². The van der Waals surface area contributed by atoms with Crippen LogP contribution in [0.15, 0.2) is 0 Å². The summed E-state index contributed by atoms with van der Waals surface area (Å²) in [6.45, 7) is 3.60. The second-order valence-electron chi connectivity index (χ2n) is 5.16. The second-order valence-corrected chi connectivity index (χ2v) is 6.68. The summed E-state index contributed by atoms with van der Waals surface area (Å²) in [7, 11) is 0. The quantitative estimate of drug-likeness (QED) is 0.729. The molecular weight excluding hydrogens is 232 g/mol. The highest BCUT2D eigenvalue weighted by Gasteiger charge is 2.27. The van der Waals surface area contributed by atoms with Gasteiger partial charge in [-0.05, 0) is 37.4 Å². The first-order chi connectivity index (χ1) is 8.29. The molecule has 1 amide bonds. The highest BCUT2D eigenvalue weighted by Crippen LogP contribution is 2.29. The molecule has 2 atom stereocenters. The molecule has 4 heteroatoms. The van der Waals surface area contributed by atoms with Gasteiger partial charge in [-0.25, -0.2) is 0 Å². The Balaban J connectivity index is 1.60. The number of hydrogen-bond acceptors (Lipinski definition) is 3. The Morgan fingerprint density at radius 2 is 2.12 bits per heavy atom. The van der Waals surface area contributed by atoms with Crippen LogP contribution in [-0.4, -0.2) is 36.0 Å². The fourth-order valence-corrected chi connectivity index (χ4v) is 3.67. The Kier molecular flexibility index (Phi) is 5.16. The lowest BCUT2D eigenvalue weighted by Crippen LogP contribution is -2.42. The van der Waals surface area contributed by atoms with Crippen LogP contribution in [0.3, 0.4) is 0 Å². The van der Waals surface area contributed by atoms with Gasteiger partial charge in [0.25, 0.3) is 0 Å². The van der Waals surface area contributed by atoms with Crippen molar-refractivity contribution in [1.82, 2.24) is 10.6 Å². The zero-order chi connectivity index (χ0) is 12.1. The van der Waals surface area contributed by atoms with Crippen molar-refractivity contribution in [3.05, 3.63) is 0 Å². The summed E-state index contributed by atoms with van der Waals surface area (Å²) in [5.74, 6) is 2.12. The molecule has 2 aliphatic carbocycles. The average molecular weight is 256 g/mol. The molecule has 0 aromatic carbocycles. The van der Waals surface area contributed by atoms with Crippen LogP contribution < -0.4 is 10.6 Å². The number of hydrogen-bond donors (Lipinski definition) is 2. The highest BCUT2D eigenvalue weighted by atomic mass is 32.2. The maximum Gasteiger partial charge on any atom is 0.233 e. The summed E-state index contributed by atoms with van der Waals surface area (Å²) < 4.78 is 0. The standard InChI is InChI=1S/C13H24N2OS/c1-2-17-12-5-3-4-11(12)14-9-13(16)15-8-10-6-7-10/h10-12,14H,2-9H2,1H3,(H,15,16). The van der Waals surface area contributed by atoms with Crippen LogP contribution in [0.2, 0.25) is 0 Å². The molecule has 2 aliphatic rings. The van der Waals surface area contributed by atoms with E-state index in [-0.39, 0.29) is 5.91 Å². The fourth-order valence-electron chi connectivity index (χ4n) is 2.44. The van der Waals surface area contributed by atoms with Gasteiger partial charge < -0.3 is 10.6 Å². The van der Waals surface area contributed by atoms with E-state index >= 15 is 0 Å². The third-order valence-corrected chi connectivity index (χ3v) is 4.97. The van der Waals surface area contributed by atoms with Crippen molar-refractivity contribution in [3.63, 3.8) is 0 Å². The predicted octanol–water partition coefficient (Wildman–Crippen LogP) is 1.78. The minimum Gasteiger partial charge on any atom is -0.355 e. The van der Waals surface area contributed by atoms with Gasteiger partial charge in [-0.3, -0.25) is 4.79 Å². The van der Waals surface area contributed by atoms with E-state index in [1.54, 1.807) is 0 Å². The van der Waals surface area contributed by atoms with Gasteiger partial charge in [0.15, 0.2) is 0 Å². The van der Waals surface area contributed by atoms with E-state index in [0.717, 1.165) is 17.7 Å². The molecule has 0 radical (unpaired) electrons. The number of amides is 1. The first kappa shape index (κ1) is 13.2. The van der Waals surface area contributed by atoms with E-state index < -0.39 is 0 Å². The Hall–Kier alpha value is -0.220. The van der Waals surface area contributed by atoms with Gasteiger partial charge in [-0.2, -0.15) is 11.8 Å². The molecule has 17 heavy (non-hydrogen) atoms. The number of thioether (sulfide) groups is 1. The normalized spacial score (nSPS) is 28.3. The maximum absolute atomic E-state index is 11.6. The molecule has 0 saturated heterocycles. The molecule has 2 unspecified atom stereocenters. The van der Waals surface area contributed by atoms with Gasteiger partial charge in [0.05, 0.1) is 6.54 Å². The van der Waals surface area contributed by atoms with Gasteiger partial charge in [-0.1, -0.05) is 13.3 Å². The molecule has 2 saturated carbocycles. The summed E-state index contributed by atoms with van der Waals surface area (Å²) >= 11 is 2.03. The van der Waals surface area contributed by atoms with Crippen molar-refractivity contribution in [2.75, 3.05) is 18.8 Å². The van der Waals surface area contributed by atoms with Crippen molar-refractivity contribution in [2.45, 2.75) is 50.3 Å². The van der Waals surface area contributed by atoms with Crippen LogP contribution >= 0.6 is 11.8 Å². The summed E-state index contributed by atoms with van der Waals surface area (Å²) in [4.78, 5) is 11.6. The summed E-state index contributed by atoms with van der Waals surface area (Å²) in [5, 5.41) is 7.15. The third kappa shape index (κ3) is 4.51. The highest BCUT2D eigenvalue weighted by molar-refractivity contribution is 7.99. The van der Waals surface area contributed by atoms with Crippen molar-refractivity contribution < 1.29 is 4.79 Å². The number of carbonyl (C=O) groups is 1. The molecule has 2 fully saturated rings. The Morgan fingerprint density at radius 3 is 2.82 bits per heavy atom. The van der Waals surface area contributed by atoms with Crippen LogP contribution in [0, 0.1) is 5.92 Å². The topological polar surface area (TPSA) is 41.1 Å². The largest absolute Gasteiger partial charge is 0.355 e. The van der Waals surface area contributed by atoms with Gasteiger partial charge in [0, 0.05) is 17.8 Å². The van der Waals surface area contributed by atoms with E-state index in [2.05, 4.69) is 17.6 Å². The van der Waals surface area contributed by atoms with Crippen molar-refractivity contribution in [3.8, 4) is 0 Å². The Bertz CT molecular complexity index is 256. The molecule has 98 valence electrons. The maximum atomic E-state index is 11.6. The Morgan fingerprint density at radius 1 is 1.29 bits per heavy atom. The summed E-state index contributed by atoms with van der Waals surface area (Å²) in [6, 6.07) is 0.548. The van der Waals surface area contributed by atoms with Crippen molar-refractivity contribution in [2.24, 2.45) is 5.92 Å². The first-order valence-electron chi connectivity index (χ1n) is 6.91. The fraction of sp³-hybridized carbons (Fsp3) is 0.923. The van der Waals surface area contributed by atoms with Crippen LogP contribution in [0.5, 0.6) is 0 Å². The van der Waals surface area contributed by atoms with Crippen LogP contribution in [0.25, 0.3) is 0 Å². The minimum absolute atomic E-state index is 0.170. The van der Waals surface area contributed by atoms with Crippen LogP contribution in [0.1, 0.15) is 39.0 Å².